The van der Waals surface area contributed by atoms with Crippen LogP contribution in [0.2, 0.25) is 0 Å². The highest BCUT2D eigenvalue weighted by Gasteiger charge is 2.18. The number of methoxy groups -OCH3 is 1. The second-order valence-electron chi connectivity index (χ2n) is 4.94. The largest absolute Gasteiger partial charge is 0.496 e. The van der Waals surface area contributed by atoms with Crippen molar-refractivity contribution in [1.82, 2.24) is 5.32 Å². The Morgan fingerprint density at radius 2 is 2.11 bits per heavy atom. The molecule has 106 valence electrons. The van der Waals surface area contributed by atoms with E-state index in [4.69, 9.17) is 4.74 Å². The number of hydrogen-bond donors (Lipinski definition) is 2. The molecule has 4 heteroatoms. The van der Waals surface area contributed by atoms with Gasteiger partial charge in [-0.25, -0.2) is 0 Å². The molecule has 1 aromatic carbocycles. The van der Waals surface area contributed by atoms with Crippen molar-refractivity contribution in [2.75, 3.05) is 13.7 Å². The van der Waals surface area contributed by atoms with Gasteiger partial charge in [0.1, 0.15) is 5.75 Å². The van der Waals surface area contributed by atoms with Crippen LogP contribution >= 0.6 is 0 Å². The van der Waals surface area contributed by atoms with Crippen molar-refractivity contribution in [3.8, 4) is 5.75 Å². The molecule has 4 nitrogen and oxygen atoms in total. The fourth-order valence-electron chi connectivity index (χ4n) is 1.66. The summed E-state index contributed by atoms with van der Waals surface area (Å²) in [4.78, 5) is 11.7. The molecule has 19 heavy (non-hydrogen) atoms. The molecule has 0 aliphatic heterocycles. The Hall–Kier alpha value is -1.55. The first-order valence-electron chi connectivity index (χ1n) is 6.59. The van der Waals surface area contributed by atoms with Gasteiger partial charge in [0.05, 0.1) is 12.7 Å². The Morgan fingerprint density at radius 3 is 2.74 bits per heavy atom. The predicted molar refractivity (Wildman–Crippen MR) is 75.2 cm³/mol. The molecular weight excluding hydrogens is 242 g/mol. The molecule has 2 N–H and O–H groups in total. The first-order valence-corrected chi connectivity index (χ1v) is 6.59. The van der Waals surface area contributed by atoms with E-state index < -0.39 is 5.60 Å². The van der Waals surface area contributed by atoms with Crippen molar-refractivity contribution >= 4 is 5.91 Å². The number of amides is 1. The second-order valence-corrected chi connectivity index (χ2v) is 4.94. The van der Waals surface area contributed by atoms with Crippen LogP contribution in [0.1, 0.15) is 32.3 Å². The number of aliphatic hydroxyl groups is 1. The van der Waals surface area contributed by atoms with Crippen molar-refractivity contribution < 1.29 is 14.6 Å². The Balaban J connectivity index is 2.42. The molecule has 0 saturated heterocycles. The molecule has 1 rings (SSSR count). The average molecular weight is 265 g/mol. The summed E-state index contributed by atoms with van der Waals surface area (Å²) in [6.45, 7) is 3.89. The van der Waals surface area contributed by atoms with Crippen LogP contribution in [0.3, 0.4) is 0 Å². The van der Waals surface area contributed by atoms with E-state index >= 15 is 0 Å². The SMILES string of the molecule is CCC(C)(O)CNC(=O)CCc1ccccc1OC. The minimum absolute atomic E-state index is 0.0559. The Labute approximate surface area is 114 Å². The second kappa shape index (κ2) is 7.14. The summed E-state index contributed by atoms with van der Waals surface area (Å²) in [5.41, 5.74) is 0.183. The summed E-state index contributed by atoms with van der Waals surface area (Å²) in [6.07, 6.45) is 1.63. The lowest BCUT2D eigenvalue weighted by Crippen LogP contribution is -2.40. The van der Waals surface area contributed by atoms with Gasteiger partial charge < -0.3 is 15.2 Å². The summed E-state index contributed by atoms with van der Waals surface area (Å²) < 4.78 is 5.24. The molecule has 0 fully saturated rings. The van der Waals surface area contributed by atoms with Gasteiger partial charge in [0, 0.05) is 13.0 Å². The van der Waals surface area contributed by atoms with Gasteiger partial charge in [0.2, 0.25) is 5.91 Å². The Morgan fingerprint density at radius 1 is 1.42 bits per heavy atom. The molecule has 0 aromatic heterocycles. The lowest BCUT2D eigenvalue weighted by atomic mass is 10.0. The van der Waals surface area contributed by atoms with E-state index in [2.05, 4.69) is 5.32 Å². The number of rotatable bonds is 7. The van der Waals surface area contributed by atoms with Gasteiger partial charge in [-0.3, -0.25) is 4.79 Å². The number of nitrogens with one attached hydrogen (secondary N) is 1. The quantitative estimate of drug-likeness (QED) is 0.791. The van der Waals surface area contributed by atoms with Crippen molar-refractivity contribution in [2.45, 2.75) is 38.7 Å². The zero-order valence-electron chi connectivity index (χ0n) is 11.9. The minimum Gasteiger partial charge on any atom is -0.496 e. The van der Waals surface area contributed by atoms with Crippen LogP contribution < -0.4 is 10.1 Å². The van der Waals surface area contributed by atoms with Crippen LogP contribution in [0.15, 0.2) is 24.3 Å². The standard InChI is InChI=1S/C15H23NO3/c1-4-15(2,18)11-16-14(17)10-9-12-7-5-6-8-13(12)19-3/h5-8,18H,4,9-11H2,1-3H3,(H,16,17). The van der Waals surface area contributed by atoms with Gasteiger partial charge in [-0.1, -0.05) is 25.1 Å². The van der Waals surface area contributed by atoms with Gasteiger partial charge in [-0.05, 0) is 31.4 Å². The van der Waals surface area contributed by atoms with Crippen LogP contribution in [-0.2, 0) is 11.2 Å². The molecule has 1 amide bonds. The molecule has 1 atom stereocenters. The summed E-state index contributed by atoms with van der Waals surface area (Å²) in [7, 11) is 1.62. The van der Waals surface area contributed by atoms with E-state index in [9.17, 15) is 9.90 Å². The molecular formula is C15H23NO3. The van der Waals surface area contributed by atoms with E-state index in [1.807, 2.05) is 31.2 Å². The van der Waals surface area contributed by atoms with E-state index in [1.165, 1.54) is 0 Å². The van der Waals surface area contributed by atoms with Crippen molar-refractivity contribution in [1.29, 1.82) is 0 Å². The maximum Gasteiger partial charge on any atom is 0.220 e. The lowest BCUT2D eigenvalue weighted by molar-refractivity contribution is -0.122. The van der Waals surface area contributed by atoms with Gasteiger partial charge in [-0.15, -0.1) is 0 Å². The highest BCUT2D eigenvalue weighted by Crippen LogP contribution is 2.18. The van der Waals surface area contributed by atoms with Gasteiger partial charge >= 0.3 is 0 Å². The maximum atomic E-state index is 11.7. The summed E-state index contributed by atoms with van der Waals surface area (Å²) in [6, 6.07) is 7.67. The third-order valence-corrected chi connectivity index (χ3v) is 3.24. The Kier molecular flexibility index (Phi) is 5.83. The Bertz CT molecular complexity index is 416. The average Bonchev–Trinajstić information content (AvgIpc) is 2.43. The summed E-state index contributed by atoms with van der Waals surface area (Å²) in [5.74, 6) is 0.746. The van der Waals surface area contributed by atoms with E-state index in [-0.39, 0.29) is 12.5 Å². The number of carbonyl (C=O) groups excluding carboxylic acids is 1. The number of hydrogen-bond acceptors (Lipinski definition) is 3. The summed E-state index contributed by atoms with van der Waals surface area (Å²) in [5, 5.41) is 12.6. The molecule has 0 spiro atoms. The number of ether oxygens (including phenoxy) is 1. The third kappa shape index (κ3) is 5.30. The molecule has 0 saturated carbocycles. The van der Waals surface area contributed by atoms with E-state index in [0.29, 0.717) is 19.3 Å². The van der Waals surface area contributed by atoms with Crippen molar-refractivity contribution in [2.24, 2.45) is 0 Å². The molecule has 0 radical (unpaired) electrons. The van der Waals surface area contributed by atoms with Gasteiger partial charge in [0.15, 0.2) is 0 Å². The van der Waals surface area contributed by atoms with Crippen LogP contribution in [0, 0.1) is 0 Å². The number of para-hydroxylation sites is 1. The van der Waals surface area contributed by atoms with Crippen LogP contribution in [0.5, 0.6) is 5.75 Å². The topological polar surface area (TPSA) is 58.6 Å². The van der Waals surface area contributed by atoms with E-state index in [1.54, 1.807) is 14.0 Å². The minimum atomic E-state index is -0.833. The van der Waals surface area contributed by atoms with Crippen molar-refractivity contribution in [3.63, 3.8) is 0 Å². The molecule has 0 bridgehead atoms. The third-order valence-electron chi connectivity index (χ3n) is 3.24. The van der Waals surface area contributed by atoms with E-state index in [0.717, 1.165) is 11.3 Å². The smallest absolute Gasteiger partial charge is 0.220 e. The molecule has 0 aliphatic carbocycles. The highest BCUT2D eigenvalue weighted by molar-refractivity contribution is 5.76. The van der Waals surface area contributed by atoms with Gasteiger partial charge in [-0.2, -0.15) is 0 Å². The number of carbonyl (C=O) groups is 1. The molecule has 1 unspecified atom stereocenters. The number of benzene rings is 1. The lowest BCUT2D eigenvalue weighted by Gasteiger charge is -2.21. The maximum absolute atomic E-state index is 11.7. The van der Waals surface area contributed by atoms with Gasteiger partial charge in [0.25, 0.3) is 0 Å². The first-order chi connectivity index (χ1) is 8.98. The molecule has 0 heterocycles. The van der Waals surface area contributed by atoms with Crippen LogP contribution in [0.4, 0.5) is 0 Å². The summed E-state index contributed by atoms with van der Waals surface area (Å²) >= 11 is 0. The monoisotopic (exact) mass is 265 g/mol. The van der Waals surface area contributed by atoms with Crippen molar-refractivity contribution in [3.05, 3.63) is 29.8 Å². The van der Waals surface area contributed by atoms with Crippen LogP contribution in [0.25, 0.3) is 0 Å². The molecule has 1 aromatic rings. The highest BCUT2D eigenvalue weighted by atomic mass is 16.5. The normalized spacial score (nSPS) is 13.7. The predicted octanol–water partition coefficient (Wildman–Crippen LogP) is 1.91. The fraction of sp³-hybridized carbons (Fsp3) is 0.533. The fourth-order valence-corrected chi connectivity index (χ4v) is 1.66. The van der Waals surface area contributed by atoms with Crippen LogP contribution in [-0.4, -0.2) is 30.3 Å². The zero-order chi connectivity index (χ0) is 14.3. The zero-order valence-corrected chi connectivity index (χ0v) is 11.9. The first kappa shape index (κ1) is 15.5. The number of aryl methyl sites for hydroxylation is 1. The molecule has 0 aliphatic rings.